The standard InChI is InChI=1S/C23H34N4O3/c1-13(26(2)3)21(29)30-23-9-14-4-15(10-23)8-22(7-14,12-23)19(25)20(28)27-17(11-24)5-16-6-18(16)27/h13-19H,4-10,12,25H2,1-3H3/t13-,14-,15?,16?,17-,18?,19+,22?,23?/m0/s1. The first-order valence-electron chi connectivity index (χ1n) is 11.5. The topological polar surface area (TPSA) is 99.7 Å². The quantitative estimate of drug-likeness (QED) is 0.687. The SMILES string of the molecule is C[C@@H](C(=O)OC12CC3C[C@H](C1)CC([C@H](N)C(=O)N1C4CC4C[C@H]1C#N)(C3)C2)N(C)C. The van der Waals surface area contributed by atoms with Gasteiger partial charge >= 0.3 is 5.97 Å². The molecule has 0 aromatic rings. The number of amides is 1. The highest BCUT2D eigenvalue weighted by atomic mass is 16.6. The lowest BCUT2D eigenvalue weighted by atomic mass is 9.46. The van der Waals surface area contributed by atoms with Crippen LogP contribution in [0.1, 0.15) is 58.3 Å². The molecule has 1 saturated heterocycles. The predicted molar refractivity (Wildman–Crippen MR) is 110 cm³/mol. The first kappa shape index (κ1) is 20.3. The number of likely N-dealkylation sites (N-methyl/N-ethyl adjacent to an activating group) is 1. The van der Waals surface area contributed by atoms with Gasteiger partial charge in [0, 0.05) is 6.04 Å². The average Bonchev–Trinajstić information content (AvgIpc) is 3.34. The lowest BCUT2D eigenvalue weighted by Gasteiger charge is -2.62. The molecule has 0 spiro atoms. The molecule has 30 heavy (non-hydrogen) atoms. The molecule has 7 heteroatoms. The van der Waals surface area contributed by atoms with Gasteiger partial charge in [-0.3, -0.25) is 14.5 Å². The number of rotatable bonds is 5. The van der Waals surface area contributed by atoms with E-state index < -0.39 is 11.6 Å². The highest BCUT2D eigenvalue weighted by molar-refractivity contribution is 5.84. The molecule has 0 aromatic heterocycles. The normalized spacial score (nSPS) is 45.1. The molecule has 164 valence electrons. The number of nitrogens with two attached hydrogens (primary N) is 1. The monoisotopic (exact) mass is 414 g/mol. The van der Waals surface area contributed by atoms with Crippen LogP contribution in [0.25, 0.3) is 0 Å². The lowest BCUT2D eigenvalue weighted by Crippen LogP contribution is -2.66. The van der Waals surface area contributed by atoms with Crippen molar-refractivity contribution in [1.82, 2.24) is 9.80 Å². The Morgan fingerprint density at radius 1 is 1.17 bits per heavy atom. The number of fused-ring (bicyclic) bond motifs is 1. The lowest BCUT2D eigenvalue weighted by molar-refractivity contribution is -0.208. The van der Waals surface area contributed by atoms with Crippen LogP contribution in [0.2, 0.25) is 0 Å². The van der Waals surface area contributed by atoms with Crippen molar-refractivity contribution in [3.05, 3.63) is 0 Å². The van der Waals surface area contributed by atoms with Crippen LogP contribution in [-0.2, 0) is 14.3 Å². The van der Waals surface area contributed by atoms with E-state index in [1.807, 2.05) is 25.9 Å². The molecule has 4 bridgehead atoms. The number of nitrogens with zero attached hydrogens (tertiary/aromatic N) is 3. The van der Waals surface area contributed by atoms with Crippen molar-refractivity contribution < 1.29 is 14.3 Å². The van der Waals surface area contributed by atoms with Crippen LogP contribution in [0.5, 0.6) is 0 Å². The second-order valence-electron chi connectivity index (χ2n) is 11.2. The smallest absolute Gasteiger partial charge is 0.323 e. The van der Waals surface area contributed by atoms with Gasteiger partial charge < -0.3 is 15.4 Å². The molecule has 2 N–H and O–H groups in total. The largest absolute Gasteiger partial charge is 0.458 e. The number of nitriles is 1. The molecule has 5 unspecified atom stereocenters. The first-order valence-corrected chi connectivity index (χ1v) is 11.5. The second-order valence-corrected chi connectivity index (χ2v) is 11.2. The van der Waals surface area contributed by atoms with Gasteiger partial charge in [-0.15, -0.1) is 0 Å². The van der Waals surface area contributed by atoms with Gasteiger partial charge in [0.2, 0.25) is 5.91 Å². The zero-order valence-electron chi connectivity index (χ0n) is 18.3. The average molecular weight is 415 g/mol. The van der Waals surface area contributed by atoms with E-state index in [1.165, 1.54) is 0 Å². The summed E-state index contributed by atoms with van der Waals surface area (Å²) >= 11 is 0. The van der Waals surface area contributed by atoms with Crippen molar-refractivity contribution in [2.24, 2.45) is 28.9 Å². The van der Waals surface area contributed by atoms with Crippen LogP contribution >= 0.6 is 0 Å². The Hall–Kier alpha value is -1.65. The van der Waals surface area contributed by atoms with Crippen LogP contribution in [0.15, 0.2) is 0 Å². The van der Waals surface area contributed by atoms with Crippen LogP contribution in [0.4, 0.5) is 0 Å². The molecule has 5 saturated carbocycles. The number of esters is 1. The van der Waals surface area contributed by atoms with Gasteiger partial charge in [-0.25, -0.2) is 0 Å². The maximum atomic E-state index is 13.5. The van der Waals surface area contributed by atoms with Crippen molar-refractivity contribution >= 4 is 11.9 Å². The fraction of sp³-hybridized carbons (Fsp3) is 0.870. The molecular weight excluding hydrogens is 380 g/mol. The number of piperidine rings is 1. The fourth-order valence-corrected chi connectivity index (χ4v) is 7.55. The summed E-state index contributed by atoms with van der Waals surface area (Å²) < 4.78 is 6.21. The molecule has 0 radical (unpaired) electrons. The zero-order chi connectivity index (χ0) is 21.4. The summed E-state index contributed by atoms with van der Waals surface area (Å²) in [5.41, 5.74) is 5.95. The van der Waals surface area contributed by atoms with Crippen LogP contribution < -0.4 is 5.73 Å². The fourth-order valence-electron chi connectivity index (χ4n) is 7.55. The van der Waals surface area contributed by atoms with Crippen molar-refractivity contribution in [2.75, 3.05) is 14.1 Å². The predicted octanol–water partition coefficient (Wildman–Crippen LogP) is 1.66. The molecule has 5 aliphatic carbocycles. The van der Waals surface area contributed by atoms with E-state index in [0.717, 1.165) is 44.9 Å². The summed E-state index contributed by atoms with van der Waals surface area (Å²) in [5.74, 6) is 1.19. The van der Waals surface area contributed by atoms with Gasteiger partial charge in [0.25, 0.3) is 0 Å². The van der Waals surface area contributed by atoms with Crippen LogP contribution in [-0.4, -0.2) is 65.5 Å². The summed E-state index contributed by atoms with van der Waals surface area (Å²) in [6, 6.07) is 1.31. The van der Waals surface area contributed by atoms with Gasteiger partial charge in [0.1, 0.15) is 17.7 Å². The number of carbonyl (C=O) groups excluding carboxylic acids is 2. The van der Waals surface area contributed by atoms with Crippen molar-refractivity contribution in [3.8, 4) is 6.07 Å². The molecule has 6 rings (SSSR count). The highest BCUT2D eigenvalue weighted by Crippen LogP contribution is 2.64. The molecule has 9 atom stereocenters. The summed E-state index contributed by atoms with van der Waals surface area (Å²) in [6.45, 7) is 1.87. The van der Waals surface area contributed by atoms with E-state index >= 15 is 0 Å². The van der Waals surface area contributed by atoms with Crippen molar-refractivity contribution in [2.45, 2.75) is 88.1 Å². The number of ether oxygens (including phenoxy) is 1. The molecular formula is C23H34N4O3. The van der Waals surface area contributed by atoms with E-state index in [9.17, 15) is 14.9 Å². The van der Waals surface area contributed by atoms with Crippen LogP contribution in [0, 0.1) is 34.5 Å². The van der Waals surface area contributed by atoms with E-state index in [1.54, 1.807) is 4.90 Å². The van der Waals surface area contributed by atoms with E-state index in [-0.39, 0.29) is 35.4 Å². The highest BCUT2D eigenvalue weighted by Gasteiger charge is 2.64. The Morgan fingerprint density at radius 2 is 1.83 bits per heavy atom. The minimum atomic E-state index is -0.608. The van der Waals surface area contributed by atoms with Gasteiger partial charge in [0.05, 0.1) is 12.1 Å². The minimum absolute atomic E-state index is 0.0448. The van der Waals surface area contributed by atoms with E-state index in [2.05, 4.69) is 6.07 Å². The second kappa shape index (κ2) is 6.67. The van der Waals surface area contributed by atoms with Crippen LogP contribution in [0.3, 0.4) is 0 Å². The summed E-state index contributed by atoms with van der Waals surface area (Å²) in [6.07, 6.45) is 7.32. The number of carbonyl (C=O) groups is 2. The number of likely N-dealkylation sites (tertiary alicyclic amines) is 1. The Bertz CT molecular complexity index is 791. The summed E-state index contributed by atoms with van der Waals surface area (Å²) in [7, 11) is 3.77. The third-order valence-corrected chi connectivity index (χ3v) is 8.92. The number of hydrogen-bond acceptors (Lipinski definition) is 6. The number of hydrogen-bond donors (Lipinski definition) is 1. The molecule has 6 fully saturated rings. The molecule has 0 aromatic carbocycles. The van der Waals surface area contributed by atoms with Gasteiger partial charge in [-0.05, 0) is 95.6 Å². The minimum Gasteiger partial charge on any atom is -0.458 e. The molecule has 6 aliphatic rings. The maximum Gasteiger partial charge on any atom is 0.323 e. The van der Waals surface area contributed by atoms with Crippen molar-refractivity contribution in [3.63, 3.8) is 0 Å². The first-order chi connectivity index (χ1) is 14.2. The molecule has 1 heterocycles. The summed E-state index contributed by atoms with van der Waals surface area (Å²) in [4.78, 5) is 30.0. The Labute approximate surface area is 178 Å². The van der Waals surface area contributed by atoms with Gasteiger partial charge in [-0.1, -0.05) is 0 Å². The van der Waals surface area contributed by atoms with Crippen molar-refractivity contribution in [1.29, 1.82) is 5.26 Å². The van der Waals surface area contributed by atoms with Gasteiger partial charge in [0.15, 0.2) is 0 Å². The molecule has 1 amide bonds. The van der Waals surface area contributed by atoms with E-state index in [0.29, 0.717) is 24.2 Å². The zero-order valence-corrected chi connectivity index (χ0v) is 18.3. The third kappa shape index (κ3) is 2.98. The van der Waals surface area contributed by atoms with E-state index in [4.69, 9.17) is 10.5 Å². The third-order valence-electron chi connectivity index (χ3n) is 8.92. The molecule has 1 aliphatic heterocycles. The Balaban J connectivity index is 1.38. The van der Waals surface area contributed by atoms with Gasteiger partial charge in [-0.2, -0.15) is 5.26 Å². The Kier molecular flexibility index (Phi) is 4.51. The summed E-state index contributed by atoms with van der Waals surface area (Å²) in [5, 5.41) is 9.53. The molecule has 7 nitrogen and oxygen atoms in total. The Morgan fingerprint density at radius 3 is 2.43 bits per heavy atom. The maximum absolute atomic E-state index is 13.5.